The van der Waals surface area contributed by atoms with Crippen molar-refractivity contribution in [3.05, 3.63) is 35.5 Å². The van der Waals surface area contributed by atoms with Crippen LogP contribution in [0.2, 0.25) is 0 Å². The minimum Gasteiger partial charge on any atom is -0.398 e. The lowest BCUT2D eigenvalue weighted by Gasteiger charge is -2.10. The molecular weight excluding hydrogens is 262 g/mol. The first-order valence-corrected chi connectivity index (χ1v) is 7.63. The molecule has 1 amide bonds. The van der Waals surface area contributed by atoms with Gasteiger partial charge in [-0.2, -0.15) is 0 Å². The van der Waals surface area contributed by atoms with Crippen molar-refractivity contribution in [3.63, 3.8) is 0 Å². The van der Waals surface area contributed by atoms with Crippen LogP contribution < -0.4 is 11.1 Å². The predicted molar refractivity (Wildman–Crippen MR) is 87.4 cm³/mol. The van der Waals surface area contributed by atoms with Gasteiger partial charge < -0.3 is 11.1 Å². The van der Waals surface area contributed by atoms with E-state index in [2.05, 4.69) is 23.3 Å². The fraction of sp³-hybridized carbons (Fsp3) is 0.412. The van der Waals surface area contributed by atoms with Crippen LogP contribution in [0.3, 0.4) is 0 Å². The number of unbranched alkanes of at least 4 members (excludes halogenated alkanes) is 1. The van der Waals surface area contributed by atoms with Crippen LogP contribution in [0, 0.1) is 0 Å². The van der Waals surface area contributed by atoms with E-state index in [1.807, 2.05) is 19.1 Å². The second-order valence-corrected chi connectivity index (χ2v) is 5.27. The molecule has 4 nitrogen and oxygen atoms in total. The lowest BCUT2D eigenvalue weighted by molar-refractivity contribution is 0.0949. The molecule has 2 aromatic rings. The number of benzene rings is 1. The summed E-state index contributed by atoms with van der Waals surface area (Å²) >= 11 is 0. The zero-order valence-electron chi connectivity index (χ0n) is 12.8. The highest BCUT2D eigenvalue weighted by molar-refractivity contribution is 6.00. The molecule has 21 heavy (non-hydrogen) atoms. The molecule has 3 N–H and O–H groups in total. The predicted octanol–water partition coefficient (Wildman–Crippen LogP) is 3.30. The van der Waals surface area contributed by atoms with E-state index in [9.17, 15) is 4.79 Å². The molecule has 1 heterocycles. The van der Waals surface area contributed by atoms with Crippen LogP contribution in [0.5, 0.6) is 0 Å². The maximum Gasteiger partial charge on any atom is 0.269 e. The summed E-state index contributed by atoms with van der Waals surface area (Å²) in [6.07, 6.45) is 4.09. The summed E-state index contributed by atoms with van der Waals surface area (Å²) in [5.41, 5.74) is 9.13. The Morgan fingerprint density at radius 1 is 1.29 bits per heavy atom. The monoisotopic (exact) mass is 285 g/mol. The third-order valence-electron chi connectivity index (χ3n) is 3.52. The number of aryl methyl sites for hydroxylation is 1. The van der Waals surface area contributed by atoms with Gasteiger partial charge in [-0.1, -0.05) is 38.5 Å². The summed E-state index contributed by atoms with van der Waals surface area (Å²) in [7, 11) is 0. The summed E-state index contributed by atoms with van der Waals surface area (Å²) < 4.78 is 0. The number of nitrogens with one attached hydrogen (secondary N) is 1. The molecule has 0 saturated heterocycles. The van der Waals surface area contributed by atoms with Gasteiger partial charge in [0.05, 0.1) is 5.52 Å². The summed E-state index contributed by atoms with van der Waals surface area (Å²) in [6.45, 7) is 4.83. The molecule has 0 unspecified atom stereocenters. The third kappa shape index (κ3) is 3.51. The van der Waals surface area contributed by atoms with E-state index in [4.69, 9.17) is 5.73 Å². The highest BCUT2D eigenvalue weighted by atomic mass is 16.1. The van der Waals surface area contributed by atoms with Crippen LogP contribution in [0.15, 0.2) is 24.3 Å². The van der Waals surface area contributed by atoms with E-state index in [0.717, 1.165) is 42.1 Å². The van der Waals surface area contributed by atoms with Crippen molar-refractivity contribution < 1.29 is 4.79 Å². The first-order valence-electron chi connectivity index (χ1n) is 7.63. The van der Waals surface area contributed by atoms with E-state index >= 15 is 0 Å². The third-order valence-corrected chi connectivity index (χ3v) is 3.52. The average molecular weight is 285 g/mol. The average Bonchev–Trinajstić information content (AvgIpc) is 2.50. The number of aromatic nitrogens is 1. The van der Waals surface area contributed by atoms with Crippen molar-refractivity contribution in [2.75, 3.05) is 12.3 Å². The SMILES string of the molecule is CCCCc1cccc2c(N)cc(C(=O)NCCC)nc12. The molecule has 0 spiro atoms. The quantitative estimate of drug-likeness (QED) is 0.855. The maximum absolute atomic E-state index is 12.1. The van der Waals surface area contributed by atoms with Gasteiger partial charge in [-0.25, -0.2) is 4.98 Å². The van der Waals surface area contributed by atoms with Gasteiger partial charge >= 0.3 is 0 Å². The summed E-state index contributed by atoms with van der Waals surface area (Å²) in [6, 6.07) is 7.69. The number of carbonyl (C=O) groups excluding carboxylic acids is 1. The van der Waals surface area contributed by atoms with Gasteiger partial charge in [0.2, 0.25) is 0 Å². The number of nitrogen functional groups attached to an aromatic ring is 1. The number of nitrogens with zero attached hydrogens (tertiary/aromatic N) is 1. The molecule has 0 radical (unpaired) electrons. The number of pyridine rings is 1. The number of hydrogen-bond donors (Lipinski definition) is 2. The second kappa shape index (κ2) is 7.07. The van der Waals surface area contributed by atoms with Crippen LogP contribution in [0.25, 0.3) is 10.9 Å². The van der Waals surface area contributed by atoms with Crippen molar-refractivity contribution in [1.82, 2.24) is 10.3 Å². The van der Waals surface area contributed by atoms with Crippen molar-refractivity contribution in [2.45, 2.75) is 39.5 Å². The topological polar surface area (TPSA) is 68.0 Å². The molecule has 0 aliphatic rings. The molecule has 112 valence electrons. The molecule has 0 saturated carbocycles. The molecule has 0 atom stereocenters. The lowest BCUT2D eigenvalue weighted by atomic mass is 10.0. The van der Waals surface area contributed by atoms with Crippen LogP contribution in [0.4, 0.5) is 5.69 Å². The van der Waals surface area contributed by atoms with E-state index in [1.54, 1.807) is 6.07 Å². The molecule has 0 aliphatic carbocycles. The van der Waals surface area contributed by atoms with Crippen molar-refractivity contribution >= 4 is 22.5 Å². The van der Waals surface area contributed by atoms with Gasteiger partial charge in [0, 0.05) is 17.6 Å². The van der Waals surface area contributed by atoms with E-state index in [0.29, 0.717) is 17.9 Å². The number of amides is 1. The normalized spacial score (nSPS) is 10.8. The highest BCUT2D eigenvalue weighted by Gasteiger charge is 2.12. The van der Waals surface area contributed by atoms with Crippen LogP contribution in [-0.2, 0) is 6.42 Å². The zero-order valence-corrected chi connectivity index (χ0v) is 12.8. The number of anilines is 1. The number of para-hydroxylation sites is 1. The number of rotatable bonds is 6. The first kappa shape index (κ1) is 15.3. The van der Waals surface area contributed by atoms with Gasteiger partial charge in [0.1, 0.15) is 5.69 Å². The Kier molecular flexibility index (Phi) is 5.14. The molecule has 0 fully saturated rings. The van der Waals surface area contributed by atoms with Gasteiger partial charge in [-0.15, -0.1) is 0 Å². The first-order chi connectivity index (χ1) is 10.2. The van der Waals surface area contributed by atoms with E-state index in [-0.39, 0.29) is 5.91 Å². The molecule has 0 bridgehead atoms. The van der Waals surface area contributed by atoms with Crippen LogP contribution >= 0.6 is 0 Å². The molecule has 1 aromatic heterocycles. The largest absolute Gasteiger partial charge is 0.398 e. The fourth-order valence-electron chi connectivity index (χ4n) is 2.35. The number of nitrogens with two attached hydrogens (primary N) is 1. The molecule has 1 aromatic carbocycles. The molecule has 4 heteroatoms. The van der Waals surface area contributed by atoms with Gasteiger partial charge in [0.15, 0.2) is 0 Å². The van der Waals surface area contributed by atoms with Crippen molar-refractivity contribution in [2.24, 2.45) is 0 Å². The van der Waals surface area contributed by atoms with Crippen molar-refractivity contribution in [1.29, 1.82) is 0 Å². The summed E-state index contributed by atoms with van der Waals surface area (Å²) in [5, 5.41) is 3.77. The van der Waals surface area contributed by atoms with Crippen molar-refractivity contribution in [3.8, 4) is 0 Å². The fourth-order valence-corrected chi connectivity index (χ4v) is 2.35. The van der Waals surface area contributed by atoms with E-state index in [1.165, 1.54) is 0 Å². The number of hydrogen-bond acceptors (Lipinski definition) is 3. The lowest BCUT2D eigenvalue weighted by Crippen LogP contribution is -2.25. The second-order valence-electron chi connectivity index (χ2n) is 5.27. The van der Waals surface area contributed by atoms with Gasteiger partial charge in [-0.05, 0) is 30.9 Å². The van der Waals surface area contributed by atoms with Gasteiger partial charge in [0.25, 0.3) is 5.91 Å². The van der Waals surface area contributed by atoms with Gasteiger partial charge in [-0.3, -0.25) is 4.79 Å². The highest BCUT2D eigenvalue weighted by Crippen LogP contribution is 2.24. The minimum atomic E-state index is -0.157. The Balaban J connectivity index is 2.43. The van der Waals surface area contributed by atoms with Crippen LogP contribution in [0.1, 0.15) is 49.2 Å². The maximum atomic E-state index is 12.1. The summed E-state index contributed by atoms with van der Waals surface area (Å²) in [5.74, 6) is -0.157. The number of fused-ring (bicyclic) bond motifs is 1. The Labute approximate surface area is 125 Å². The molecule has 2 rings (SSSR count). The Morgan fingerprint density at radius 3 is 2.81 bits per heavy atom. The Hall–Kier alpha value is -2.10. The molecular formula is C17H23N3O. The smallest absolute Gasteiger partial charge is 0.269 e. The number of carbonyl (C=O) groups is 1. The zero-order chi connectivity index (χ0) is 15.2. The van der Waals surface area contributed by atoms with Crippen LogP contribution in [-0.4, -0.2) is 17.4 Å². The van der Waals surface area contributed by atoms with E-state index < -0.39 is 0 Å². The summed E-state index contributed by atoms with van der Waals surface area (Å²) in [4.78, 5) is 16.6. The molecule has 0 aliphatic heterocycles. The minimum absolute atomic E-state index is 0.157. The Bertz CT molecular complexity index is 637. The Morgan fingerprint density at radius 2 is 2.10 bits per heavy atom. The standard InChI is InChI=1S/C17H23N3O/c1-3-5-7-12-8-6-9-13-14(18)11-15(20-16(12)13)17(21)19-10-4-2/h6,8-9,11H,3-5,7,10H2,1-2H3,(H2,18,20)(H,19,21).